The van der Waals surface area contributed by atoms with E-state index in [2.05, 4.69) is 11.2 Å². The molecule has 0 aliphatic heterocycles. The van der Waals surface area contributed by atoms with Gasteiger partial charge in [0, 0.05) is 19.7 Å². The van der Waals surface area contributed by atoms with Crippen LogP contribution in [0.2, 0.25) is 0 Å². The molecule has 0 bridgehead atoms. The first kappa shape index (κ1) is 26.5. The fourth-order valence-corrected chi connectivity index (χ4v) is 3.59. The van der Waals surface area contributed by atoms with Crippen LogP contribution < -0.4 is 9.47 Å². The van der Waals surface area contributed by atoms with Gasteiger partial charge in [-0.3, -0.25) is 4.79 Å². The summed E-state index contributed by atoms with van der Waals surface area (Å²) in [5.41, 5.74) is 5.72. The van der Waals surface area contributed by atoms with Gasteiger partial charge in [-0.1, -0.05) is 35.0 Å². The summed E-state index contributed by atoms with van der Waals surface area (Å²) >= 11 is 0. The molecule has 0 aliphatic rings. The number of rotatable bonds is 10. The smallest absolute Gasteiger partial charge is 0.331 e. The molecule has 0 unspecified atom stereocenters. The van der Waals surface area contributed by atoms with Crippen LogP contribution in [0.4, 0.5) is 0 Å². The number of nitrogens with zero attached hydrogens (tertiary/aromatic N) is 2. The van der Waals surface area contributed by atoms with E-state index in [1.807, 2.05) is 39.8 Å². The third-order valence-corrected chi connectivity index (χ3v) is 5.82. The minimum Gasteiger partial charge on any atom is -0.493 e. The molecule has 0 spiro atoms. The summed E-state index contributed by atoms with van der Waals surface area (Å²) in [5, 5.41) is 3.92. The Labute approximate surface area is 211 Å². The zero-order valence-corrected chi connectivity index (χ0v) is 21.6. The van der Waals surface area contributed by atoms with Crippen molar-refractivity contribution in [2.24, 2.45) is 0 Å². The lowest BCUT2D eigenvalue weighted by molar-refractivity contribution is -0.147. The molecule has 0 aliphatic carbocycles. The number of hydrogen-bond donors (Lipinski definition) is 0. The van der Waals surface area contributed by atoms with E-state index in [0.717, 1.165) is 22.4 Å². The Morgan fingerprint density at radius 3 is 2.50 bits per heavy atom. The van der Waals surface area contributed by atoms with Gasteiger partial charge in [0.25, 0.3) is 5.91 Å². The van der Waals surface area contributed by atoms with E-state index in [1.165, 1.54) is 11.6 Å². The first-order valence-electron chi connectivity index (χ1n) is 11.6. The molecule has 0 saturated carbocycles. The van der Waals surface area contributed by atoms with Crippen LogP contribution in [0.25, 0.3) is 6.08 Å². The first-order chi connectivity index (χ1) is 17.2. The van der Waals surface area contributed by atoms with Gasteiger partial charge in [-0.05, 0) is 62.6 Å². The van der Waals surface area contributed by atoms with Crippen LogP contribution in [0.15, 0.2) is 47.0 Å². The maximum absolute atomic E-state index is 12.4. The molecule has 0 N–H and O–H groups in total. The Morgan fingerprint density at radius 1 is 1.06 bits per heavy atom. The quantitative estimate of drug-likeness (QED) is 0.299. The third kappa shape index (κ3) is 6.97. The van der Waals surface area contributed by atoms with Crippen LogP contribution in [-0.4, -0.2) is 42.7 Å². The predicted molar refractivity (Wildman–Crippen MR) is 136 cm³/mol. The van der Waals surface area contributed by atoms with Crippen molar-refractivity contribution in [1.29, 1.82) is 0 Å². The summed E-state index contributed by atoms with van der Waals surface area (Å²) in [7, 11) is 3.23. The second-order valence-electron chi connectivity index (χ2n) is 8.62. The van der Waals surface area contributed by atoms with Gasteiger partial charge in [0.2, 0.25) is 0 Å². The zero-order chi connectivity index (χ0) is 26.2. The van der Waals surface area contributed by atoms with Crippen LogP contribution in [0.1, 0.15) is 39.3 Å². The molecule has 3 rings (SSSR count). The number of carbonyl (C=O) groups is 2. The summed E-state index contributed by atoms with van der Waals surface area (Å²) in [5.74, 6) is 0.883. The Hall–Kier alpha value is -4.07. The van der Waals surface area contributed by atoms with Gasteiger partial charge in [0.05, 0.1) is 18.4 Å². The average Bonchev–Trinajstić information content (AvgIpc) is 3.18. The lowest BCUT2D eigenvalue weighted by Gasteiger charge is -2.18. The Kier molecular flexibility index (Phi) is 8.89. The summed E-state index contributed by atoms with van der Waals surface area (Å²) in [4.78, 5) is 26.1. The van der Waals surface area contributed by atoms with Crippen molar-refractivity contribution in [3.8, 4) is 11.5 Å². The van der Waals surface area contributed by atoms with Gasteiger partial charge in [-0.25, -0.2) is 4.79 Å². The number of ether oxygens (including phenoxy) is 3. The highest BCUT2D eigenvalue weighted by Gasteiger charge is 2.14. The average molecular weight is 493 g/mol. The third-order valence-electron chi connectivity index (χ3n) is 5.82. The number of carbonyl (C=O) groups excluding carboxylic acids is 2. The van der Waals surface area contributed by atoms with Gasteiger partial charge >= 0.3 is 5.97 Å². The summed E-state index contributed by atoms with van der Waals surface area (Å²) in [6, 6.07) is 11.4. The summed E-state index contributed by atoms with van der Waals surface area (Å²) in [6.45, 7) is 8.14. The van der Waals surface area contributed by atoms with E-state index in [9.17, 15) is 9.59 Å². The van der Waals surface area contributed by atoms with E-state index in [0.29, 0.717) is 36.0 Å². The Morgan fingerprint density at radius 2 is 1.83 bits per heavy atom. The van der Waals surface area contributed by atoms with E-state index in [4.69, 9.17) is 18.7 Å². The lowest BCUT2D eigenvalue weighted by Crippen LogP contribution is -2.30. The van der Waals surface area contributed by atoms with Crippen molar-refractivity contribution in [3.63, 3.8) is 0 Å². The van der Waals surface area contributed by atoms with Gasteiger partial charge in [-0.2, -0.15) is 0 Å². The van der Waals surface area contributed by atoms with Gasteiger partial charge in [0.1, 0.15) is 12.4 Å². The fourth-order valence-electron chi connectivity index (χ4n) is 3.59. The highest BCUT2D eigenvalue weighted by molar-refractivity contribution is 5.89. The number of hydrogen-bond acceptors (Lipinski definition) is 7. The fraction of sp³-hybridized carbons (Fsp3) is 0.321. The number of likely N-dealkylation sites (N-methyl/N-ethyl adjacent to an activating group) is 1. The zero-order valence-electron chi connectivity index (χ0n) is 21.6. The predicted octanol–water partition coefficient (Wildman–Crippen LogP) is 4.71. The molecule has 0 fully saturated rings. The van der Waals surface area contributed by atoms with E-state index < -0.39 is 5.97 Å². The normalized spacial score (nSPS) is 10.9. The monoisotopic (exact) mass is 492 g/mol. The van der Waals surface area contributed by atoms with Gasteiger partial charge in [-0.15, -0.1) is 0 Å². The molecule has 1 aromatic heterocycles. The molecule has 8 heteroatoms. The number of aryl methyl sites for hydroxylation is 4. The minimum absolute atomic E-state index is 0.279. The van der Waals surface area contributed by atoms with Crippen LogP contribution in [0.3, 0.4) is 0 Å². The van der Waals surface area contributed by atoms with Crippen molar-refractivity contribution < 1.29 is 28.3 Å². The molecular formula is C28H32N2O6. The molecule has 3 aromatic rings. The maximum Gasteiger partial charge on any atom is 0.331 e. The van der Waals surface area contributed by atoms with Crippen molar-refractivity contribution in [2.75, 3.05) is 20.8 Å². The summed E-state index contributed by atoms with van der Waals surface area (Å²) in [6.07, 6.45) is 2.86. The van der Waals surface area contributed by atoms with E-state index in [1.54, 1.807) is 43.3 Å². The maximum atomic E-state index is 12.4. The van der Waals surface area contributed by atoms with Crippen LogP contribution in [0.5, 0.6) is 11.5 Å². The number of methoxy groups -OCH3 is 1. The molecule has 1 amide bonds. The molecule has 36 heavy (non-hydrogen) atoms. The lowest BCUT2D eigenvalue weighted by atomic mass is 10.1. The minimum atomic E-state index is -0.610. The topological polar surface area (TPSA) is 91.1 Å². The number of esters is 1. The van der Waals surface area contributed by atoms with Crippen molar-refractivity contribution in [2.45, 2.75) is 40.8 Å². The molecule has 190 valence electrons. The molecule has 1 heterocycles. The standard InChI is InChI=1S/C28H32N2O6/c1-18-7-10-23(19(2)13-18)15-30(5)27(31)17-35-28(32)12-9-22-8-11-25(26(14-22)33-6)34-16-24-20(3)29-36-21(24)4/h7-14H,15-17H2,1-6H3/b12-9+. The van der Waals surface area contributed by atoms with Crippen molar-refractivity contribution in [3.05, 3.63) is 81.7 Å². The molecule has 0 atom stereocenters. The van der Waals surface area contributed by atoms with E-state index >= 15 is 0 Å². The molecular weight excluding hydrogens is 460 g/mol. The number of benzene rings is 2. The van der Waals surface area contributed by atoms with Gasteiger partial charge < -0.3 is 23.6 Å². The molecule has 2 aromatic carbocycles. The Bertz CT molecular complexity index is 1240. The highest BCUT2D eigenvalue weighted by Crippen LogP contribution is 2.30. The second kappa shape index (κ2) is 12.1. The largest absolute Gasteiger partial charge is 0.493 e. The van der Waals surface area contributed by atoms with Crippen LogP contribution in [-0.2, 0) is 27.5 Å². The van der Waals surface area contributed by atoms with Crippen LogP contribution >= 0.6 is 0 Å². The molecule has 8 nitrogen and oxygen atoms in total. The number of amides is 1. The van der Waals surface area contributed by atoms with Gasteiger partial charge in [0.15, 0.2) is 18.1 Å². The highest BCUT2D eigenvalue weighted by atomic mass is 16.5. The SMILES string of the molecule is COc1cc(/C=C/C(=O)OCC(=O)N(C)Cc2ccc(C)cc2C)ccc1OCc1c(C)noc1C. The van der Waals surface area contributed by atoms with E-state index in [-0.39, 0.29) is 12.5 Å². The van der Waals surface area contributed by atoms with Crippen molar-refractivity contribution >= 4 is 18.0 Å². The summed E-state index contributed by atoms with van der Waals surface area (Å²) < 4.78 is 21.6. The Balaban J connectivity index is 1.52. The number of aromatic nitrogens is 1. The van der Waals surface area contributed by atoms with Crippen LogP contribution in [0, 0.1) is 27.7 Å². The second-order valence-corrected chi connectivity index (χ2v) is 8.62. The molecule has 0 saturated heterocycles. The first-order valence-corrected chi connectivity index (χ1v) is 11.6. The molecule has 0 radical (unpaired) electrons. The van der Waals surface area contributed by atoms with Crippen molar-refractivity contribution in [1.82, 2.24) is 10.1 Å².